The Labute approximate surface area is 82.9 Å². The molecule has 0 aliphatic rings. The molecule has 0 fully saturated rings. The van der Waals surface area contributed by atoms with Gasteiger partial charge in [-0.05, 0) is 26.8 Å². The van der Waals surface area contributed by atoms with E-state index in [-0.39, 0.29) is 12.5 Å². The summed E-state index contributed by atoms with van der Waals surface area (Å²) in [4.78, 5) is 11.5. The summed E-state index contributed by atoms with van der Waals surface area (Å²) in [6, 6.07) is 1.61. The molecule has 0 aromatic carbocycles. The number of furan rings is 1. The van der Waals surface area contributed by atoms with Crippen molar-refractivity contribution < 1.29 is 14.3 Å². The zero-order valence-electron chi connectivity index (χ0n) is 8.63. The third-order valence-corrected chi connectivity index (χ3v) is 1.79. The van der Waals surface area contributed by atoms with Crippen LogP contribution in [0.1, 0.15) is 30.0 Å². The van der Waals surface area contributed by atoms with Crippen LogP contribution in [-0.4, -0.2) is 23.2 Å². The van der Waals surface area contributed by atoms with Crippen LogP contribution in [0, 0.1) is 6.92 Å². The first-order chi connectivity index (χ1) is 6.40. The summed E-state index contributed by atoms with van der Waals surface area (Å²) in [6.45, 7) is 5.21. The van der Waals surface area contributed by atoms with E-state index in [1.807, 2.05) is 0 Å². The SMILES string of the molecule is Cc1occc1C(=O)NCC(C)(C)O. The van der Waals surface area contributed by atoms with Crippen LogP contribution in [0.25, 0.3) is 0 Å². The maximum atomic E-state index is 11.5. The summed E-state index contributed by atoms with van der Waals surface area (Å²) in [5.41, 5.74) is -0.387. The minimum Gasteiger partial charge on any atom is -0.469 e. The lowest BCUT2D eigenvalue weighted by atomic mass is 10.1. The average molecular weight is 197 g/mol. The van der Waals surface area contributed by atoms with Gasteiger partial charge in [0.25, 0.3) is 5.91 Å². The molecule has 0 spiro atoms. The van der Waals surface area contributed by atoms with Gasteiger partial charge in [-0.15, -0.1) is 0 Å². The average Bonchev–Trinajstić information content (AvgIpc) is 2.46. The highest BCUT2D eigenvalue weighted by atomic mass is 16.3. The number of hydrogen-bond acceptors (Lipinski definition) is 3. The smallest absolute Gasteiger partial charge is 0.254 e. The fraction of sp³-hybridized carbons (Fsp3) is 0.500. The van der Waals surface area contributed by atoms with Gasteiger partial charge in [0.05, 0.1) is 17.4 Å². The molecule has 2 N–H and O–H groups in total. The minimum atomic E-state index is -0.896. The number of aliphatic hydroxyl groups is 1. The quantitative estimate of drug-likeness (QED) is 0.762. The molecule has 0 atom stereocenters. The number of carbonyl (C=O) groups excluding carboxylic acids is 1. The number of amides is 1. The van der Waals surface area contributed by atoms with Crippen molar-refractivity contribution in [1.82, 2.24) is 5.32 Å². The Morgan fingerprint density at radius 1 is 1.64 bits per heavy atom. The summed E-state index contributed by atoms with van der Waals surface area (Å²) >= 11 is 0. The van der Waals surface area contributed by atoms with Gasteiger partial charge in [-0.25, -0.2) is 0 Å². The summed E-state index contributed by atoms with van der Waals surface area (Å²) in [5.74, 6) is 0.358. The molecule has 0 bridgehead atoms. The van der Waals surface area contributed by atoms with Gasteiger partial charge < -0.3 is 14.8 Å². The molecule has 78 valence electrons. The normalized spacial score (nSPS) is 11.4. The van der Waals surface area contributed by atoms with Crippen LogP contribution in [0.3, 0.4) is 0 Å². The largest absolute Gasteiger partial charge is 0.469 e. The third kappa shape index (κ3) is 2.88. The monoisotopic (exact) mass is 197 g/mol. The van der Waals surface area contributed by atoms with Gasteiger partial charge in [-0.2, -0.15) is 0 Å². The van der Waals surface area contributed by atoms with Crippen molar-refractivity contribution in [2.75, 3.05) is 6.54 Å². The van der Waals surface area contributed by atoms with Crippen LogP contribution < -0.4 is 5.32 Å². The maximum absolute atomic E-state index is 11.5. The first kappa shape index (κ1) is 10.8. The van der Waals surface area contributed by atoms with Gasteiger partial charge >= 0.3 is 0 Å². The third-order valence-electron chi connectivity index (χ3n) is 1.79. The first-order valence-corrected chi connectivity index (χ1v) is 4.45. The van der Waals surface area contributed by atoms with Crippen LogP contribution >= 0.6 is 0 Å². The fourth-order valence-electron chi connectivity index (χ4n) is 1.01. The van der Waals surface area contributed by atoms with Crippen molar-refractivity contribution in [2.45, 2.75) is 26.4 Å². The molecule has 0 saturated carbocycles. The van der Waals surface area contributed by atoms with E-state index in [4.69, 9.17) is 4.42 Å². The van der Waals surface area contributed by atoms with Gasteiger partial charge in [0.2, 0.25) is 0 Å². The Morgan fingerprint density at radius 2 is 2.29 bits per heavy atom. The second-order valence-electron chi connectivity index (χ2n) is 3.89. The highest BCUT2D eigenvalue weighted by Gasteiger charge is 2.16. The van der Waals surface area contributed by atoms with E-state index in [1.54, 1.807) is 26.8 Å². The van der Waals surface area contributed by atoms with Gasteiger partial charge in [0, 0.05) is 6.54 Å². The zero-order valence-corrected chi connectivity index (χ0v) is 8.63. The standard InChI is InChI=1S/C10H15NO3/c1-7-8(4-5-14-7)9(12)11-6-10(2,3)13/h4-5,13H,6H2,1-3H3,(H,11,12). The predicted molar refractivity (Wildman–Crippen MR) is 52.1 cm³/mol. The summed E-state index contributed by atoms with van der Waals surface area (Å²) in [5, 5.41) is 12.0. The lowest BCUT2D eigenvalue weighted by Gasteiger charge is -2.17. The molecule has 0 radical (unpaired) electrons. The van der Waals surface area contributed by atoms with Crippen molar-refractivity contribution in [3.63, 3.8) is 0 Å². The summed E-state index contributed by atoms with van der Waals surface area (Å²) in [6.07, 6.45) is 1.47. The molecule has 1 aromatic rings. The van der Waals surface area contributed by atoms with Crippen LogP contribution in [0.15, 0.2) is 16.7 Å². The summed E-state index contributed by atoms with van der Waals surface area (Å²) in [7, 11) is 0. The van der Waals surface area contributed by atoms with Crippen LogP contribution in [0.4, 0.5) is 0 Å². The van der Waals surface area contributed by atoms with E-state index in [2.05, 4.69) is 5.32 Å². The van der Waals surface area contributed by atoms with E-state index < -0.39 is 5.60 Å². The second kappa shape index (κ2) is 3.84. The van der Waals surface area contributed by atoms with E-state index in [0.717, 1.165) is 0 Å². The second-order valence-corrected chi connectivity index (χ2v) is 3.89. The first-order valence-electron chi connectivity index (χ1n) is 4.45. The lowest BCUT2D eigenvalue weighted by molar-refractivity contribution is 0.0693. The number of aryl methyl sites for hydroxylation is 1. The number of rotatable bonds is 3. The highest BCUT2D eigenvalue weighted by Crippen LogP contribution is 2.08. The maximum Gasteiger partial charge on any atom is 0.254 e. The predicted octanol–water partition coefficient (Wildman–Crippen LogP) is 1.09. The number of hydrogen-bond donors (Lipinski definition) is 2. The number of nitrogens with one attached hydrogen (secondary N) is 1. The van der Waals surface area contributed by atoms with Gasteiger partial charge in [0.15, 0.2) is 0 Å². The van der Waals surface area contributed by atoms with Crippen molar-refractivity contribution >= 4 is 5.91 Å². The molecular formula is C10H15NO3. The molecule has 0 aliphatic heterocycles. The Morgan fingerprint density at radius 3 is 2.71 bits per heavy atom. The Balaban J connectivity index is 2.56. The highest BCUT2D eigenvalue weighted by molar-refractivity contribution is 5.95. The van der Waals surface area contributed by atoms with Crippen molar-refractivity contribution in [2.24, 2.45) is 0 Å². The zero-order chi connectivity index (χ0) is 10.8. The fourth-order valence-corrected chi connectivity index (χ4v) is 1.01. The van der Waals surface area contributed by atoms with E-state index >= 15 is 0 Å². The molecule has 14 heavy (non-hydrogen) atoms. The van der Waals surface area contributed by atoms with Crippen molar-refractivity contribution in [1.29, 1.82) is 0 Å². The van der Waals surface area contributed by atoms with Crippen molar-refractivity contribution in [3.05, 3.63) is 23.7 Å². The van der Waals surface area contributed by atoms with Crippen molar-refractivity contribution in [3.8, 4) is 0 Å². The molecule has 4 nitrogen and oxygen atoms in total. The molecule has 1 heterocycles. The van der Waals surface area contributed by atoms with Gasteiger partial charge in [-0.3, -0.25) is 4.79 Å². The van der Waals surface area contributed by atoms with Crippen LogP contribution in [0.5, 0.6) is 0 Å². The Bertz CT molecular complexity index is 322. The molecule has 1 aromatic heterocycles. The lowest BCUT2D eigenvalue weighted by Crippen LogP contribution is -2.38. The topological polar surface area (TPSA) is 62.5 Å². The van der Waals surface area contributed by atoms with Crippen LogP contribution in [-0.2, 0) is 0 Å². The number of carbonyl (C=O) groups is 1. The molecule has 1 amide bonds. The van der Waals surface area contributed by atoms with Gasteiger partial charge in [0.1, 0.15) is 5.76 Å². The molecule has 4 heteroatoms. The molecule has 0 unspecified atom stereocenters. The summed E-state index contributed by atoms with van der Waals surface area (Å²) < 4.78 is 4.99. The Kier molecular flexibility index (Phi) is 2.96. The molecule has 0 saturated heterocycles. The van der Waals surface area contributed by atoms with E-state index in [0.29, 0.717) is 11.3 Å². The van der Waals surface area contributed by atoms with E-state index in [1.165, 1.54) is 6.26 Å². The molecule has 1 rings (SSSR count). The van der Waals surface area contributed by atoms with E-state index in [9.17, 15) is 9.90 Å². The minimum absolute atomic E-state index is 0.219. The van der Waals surface area contributed by atoms with Crippen LogP contribution in [0.2, 0.25) is 0 Å². The molecular weight excluding hydrogens is 182 g/mol. The Hall–Kier alpha value is -1.29. The molecule has 0 aliphatic carbocycles. The van der Waals surface area contributed by atoms with Gasteiger partial charge in [-0.1, -0.05) is 0 Å².